The smallest absolute Gasteiger partial charge is 0.313 e. The highest BCUT2D eigenvalue weighted by Gasteiger charge is 2.42. The van der Waals surface area contributed by atoms with Crippen LogP contribution in [0.15, 0.2) is 0 Å². The van der Waals surface area contributed by atoms with E-state index in [-0.39, 0.29) is 12.0 Å². The van der Waals surface area contributed by atoms with Crippen LogP contribution in [0.4, 0.5) is 0 Å². The molecule has 1 aliphatic rings. The predicted molar refractivity (Wildman–Crippen MR) is 71.2 cm³/mol. The van der Waals surface area contributed by atoms with E-state index in [0.29, 0.717) is 13.2 Å². The second-order valence-corrected chi connectivity index (χ2v) is 5.37. The fourth-order valence-electron chi connectivity index (χ4n) is 2.32. The molecule has 2 atom stereocenters. The van der Waals surface area contributed by atoms with Crippen molar-refractivity contribution < 1.29 is 14.3 Å². The van der Waals surface area contributed by atoms with Crippen LogP contribution in [0.5, 0.6) is 0 Å². The zero-order chi connectivity index (χ0) is 13.4. The number of hydrogen-bond donors (Lipinski definition) is 1. The van der Waals surface area contributed by atoms with Gasteiger partial charge in [0.2, 0.25) is 0 Å². The van der Waals surface area contributed by atoms with Crippen LogP contribution >= 0.6 is 0 Å². The Morgan fingerprint density at radius 3 is 2.78 bits per heavy atom. The lowest BCUT2D eigenvalue weighted by Gasteiger charge is -2.36. The number of hydrogen-bond acceptors (Lipinski definition) is 4. The van der Waals surface area contributed by atoms with Crippen molar-refractivity contribution in [1.29, 1.82) is 0 Å². The molecule has 0 aromatic heterocycles. The van der Waals surface area contributed by atoms with Crippen molar-refractivity contribution in [2.24, 2.45) is 11.1 Å². The highest BCUT2D eigenvalue weighted by Crippen LogP contribution is 2.36. The number of carbonyl (C=O) groups is 1. The SMILES string of the molecule is CCCCOCCOC(=O)C1(C)CCCCC1N. The van der Waals surface area contributed by atoms with Crippen LogP contribution in [0.25, 0.3) is 0 Å². The number of unbranched alkanes of at least 4 members (excludes halogenated alkanes) is 1. The molecule has 0 aromatic rings. The summed E-state index contributed by atoms with van der Waals surface area (Å²) in [5.74, 6) is -0.159. The molecule has 4 heteroatoms. The molecule has 0 aromatic carbocycles. The minimum absolute atomic E-state index is 0.0697. The van der Waals surface area contributed by atoms with E-state index in [0.717, 1.165) is 45.1 Å². The van der Waals surface area contributed by atoms with Crippen molar-refractivity contribution in [2.45, 2.75) is 58.4 Å². The van der Waals surface area contributed by atoms with Crippen molar-refractivity contribution in [3.8, 4) is 0 Å². The average Bonchev–Trinajstić information content (AvgIpc) is 2.37. The molecule has 0 spiro atoms. The van der Waals surface area contributed by atoms with E-state index in [1.165, 1.54) is 0 Å². The molecule has 0 aliphatic heterocycles. The minimum Gasteiger partial charge on any atom is -0.463 e. The molecule has 2 unspecified atom stereocenters. The highest BCUT2D eigenvalue weighted by atomic mass is 16.6. The maximum atomic E-state index is 12.1. The Bertz CT molecular complexity index is 257. The fraction of sp³-hybridized carbons (Fsp3) is 0.929. The molecule has 1 aliphatic carbocycles. The number of ether oxygens (including phenoxy) is 2. The van der Waals surface area contributed by atoms with Crippen molar-refractivity contribution in [1.82, 2.24) is 0 Å². The van der Waals surface area contributed by atoms with E-state index < -0.39 is 5.41 Å². The summed E-state index contributed by atoms with van der Waals surface area (Å²) in [7, 11) is 0. The normalized spacial score (nSPS) is 28.1. The molecule has 0 saturated heterocycles. The van der Waals surface area contributed by atoms with Gasteiger partial charge in [-0.3, -0.25) is 4.79 Å². The largest absolute Gasteiger partial charge is 0.463 e. The van der Waals surface area contributed by atoms with Gasteiger partial charge in [-0.05, 0) is 26.2 Å². The van der Waals surface area contributed by atoms with E-state index >= 15 is 0 Å². The Kier molecular flexibility index (Phi) is 6.65. The molecular formula is C14H27NO3. The quantitative estimate of drug-likeness (QED) is 0.561. The summed E-state index contributed by atoms with van der Waals surface area (Å²) in [5.41, 5.74) is 5.55. The van der Waals surface area contributed by atoms with Crippen LogP contribution in [0.1, 0.15) is 52.4 Å². The van der Waals surface area contributed by atoms with Crippen LogP contribution in [0.2, 0.25) is 0 Å². The topological polar surface area (TPSA) is 61.5 Å². The molecule has 0 amide bonds. The number of rotatable bonds is 7. The Morgan fingerprint density at radius 1 is 1.33 bits per heavy atom. The van der Waals surface area contributed by atoms with E-state index in [9.17, 15) is 4.79 Å². The van der Waals surface area contributed by atoms with Crippen molar-refractivity contribution in [3.63, 3.8) is 0 Å². The Hall–Kier alpha value is -0.610. The first-order valence-corrected chi connectivity index (χ1v) is 7.12. The number of nitrogens with two attached hydrogens (primary N) is 1. The van der Waals surface area contributed by atoms with Crippen LogP contribution in [0.3, 0.4) is 0 Å². The first kappa shape index (κ1) is 15.4. The monoisotopic (exact) mass is 257 g/mol. The lowest BCUT2D eigenvalue weighted by Crippen LogP contribution is -2.48. The van der Waals surface area contributed by atoms with Gasteiger partial charge in [-0.25, -0.2) is 0 Å². The van der Waals surface area contributed by atoms with Crippen LogP contribution in [-0.4, -0.2) is 31.8 Å². The Labute approximate surface area is 110 Å². The Balaban J connectivity index is 2.22. The van der Waals surface area contributed by atoms with Gasteiger partial charge in [-0.2, -0.15) is 0 Å². The zero-order valence-electron chi connectivity index (χ0n) is 11.7. The molecule has 1 fully saturated rings. The summed E-state index contributed by atoms with van der Waals surface area (Å²) in [6.45, 7) is 5.61. The fourth-order valence-corrected chi connectivity index (χ4v) is 2.32. The third kappa shape index (κ3) is 4.25. The van der Waals surface area contributed by atoms with Crippen LogP contribution in [0, 0.1) is 5.41 Å². The van der Waals surface area contributed by atoms with Gasteiger partial charge in [0, 0.05) is 12.6 Å². The van der Waals surface area contributed by atoms with Gasteiger partial charge in [0.1, 0.15) is 6.61 Å². The predicted octanol–water partition coefficient (Wildman–Crippen LogP) is 2.25. The summed E-state index contributed by atoms with van der Waals surface area (Å²) in [5, 5.41) is 0. The number of carbonyl (C=O) groups excluding carboxylic acids is 1. The highest BCUT2D eigenvalue weighted by molar-refractivity contribution is 5.77. The molecular weight excluding hydrogens is 230 g/mol. The van der Waals surface area contributed by atoms with Crippen LogP contribution < -0.4 is 5.73 Å². The summed E-state index contributed by atoms with van der Waals surface area (Å²) in [6.07, 6.45) is 6.10. The lowest BCUT2D eigenvalue weighted by molar-refractivity contribution is -0.159. The van der Waals surface area contributed by atoms with Gasteiger partial charge in [-0.1, -0.05) is 26.2 Å². The standard InChI is InChI=1S/C14H27NO3/c1-3-4-9-17-10-11-18-13(16)14(2)8-6-5-7-12(14)15/h12H,3-11,15H2,1-2H3. The van der Waals surface area contributed by atoms with Gasteiger partial charge in [0.05, 0.1) is 12.0 Å². The molecule has 18 heavy (non-hydrogen) atoms. The first-order valence-electron chi connectivity index (χ1n) is 7.12. The third-order valence-electron chi connectivity index (χ3n) is 3.85. The molecule has 1 saturated carbocycles. The average molecular weight is 257 g/mol. The second-order valence-electron chi connectivity index (χ2n) is 5.37. The van der Waals surface area contributed by atoms with Crippen molar-refractivity contribution in [2.75, 3.05) is 19.8 Å². The van der Waals surface area contributed by atoms with Crippen LogP contribution in [-0.2, 0) is 14.3 Å². The molecule has 0 bridgehead atoms. The van der Waals surface area contributed by atoms with Gasteiger partial charge < -0.3 is 15.2 Å². The summed E-state index contributed by atoms with van der Waals surface area (Å²) in [6, 6.07) is -0.0697. The van der Waals surface area contributed by atoms with Gasteiger partial charge >= 0.3 is 5.97 Å². The summed E-state index contributed by atoms with van der Waals surface area (Å²) in [4.78, 5) is 12.1. The summed E-state index contributed by atoms with van der Waals surface area (Å²) < 4.78 is 10.7. The first-order chi connectivity index (χ1) is 8.61. The summed E-state index contributed by atoms with van der Waals surface area (Å²) >= 11 is 0. The number of esters is 1. The molecule has 1 rings (SSSR count). The minimum atomic E-state index is -0.498. The van der Waals surface area contributed by atoms with E-state index in [2.05, 4.69) is 6.92 Å². The second kappa shape index (κ2) is 7.74. The van der Waals surface area contributed by atoms with E-state index in [1.807, 2.05) is 6.92 Å². The molecule has 4 nitrogen and oxygen atoms in total. The zero-order valence-corrected chi connectivity index (χ0v) is 11.7. The molecule has 2 N–H and O–H groups in total. The lowest BCUT2D eigenvalue weighted by atomic mass is 9.72. The van der Waals surface area contributed by atoms with E-state index in [4.69, 9.17) is 15.2 Å². The maximum Gasteiger partial charge on any atom is 0.313 e. The van der Waals surface area contributed by atoms with Crippen molar-refractivity contribution >= 4 is 5.97 Å². The molecule has 106 valence electrons. The van der Waals surface area contributed by atoms with E-state index in [1.54, 1.807) is 0 Å². The maximum absolute atomic E-state index is 12.1. The van der Waals surface area contributed by atoms with Crippen molar-refractivity contribution in [3.05, 3.63) is 0 Å². The molecule has 0 heterocycles. The Morgan fingerprint density at radius 2 is 2.11 bits per heavy atom. The van der Waals surface area contributed by atoms with Gasteiger partial charge in [0.15, 0.2) is 0 Å². The van der Waals surface area contributed by atoms with Gasteiger partial charge in [-0.15, -0.1) is 0 Å². The molecule has 0 radical (unpaired) electrons. The third-order valence-corrected chi connectivity index (χ3v) is 3.85. The van der Waals surface area contributed by atoms with Gasteiger partial charge in [0.25, 0.3) is 0 Å².